The van der Waals surface area contributed by atoms with Gasteiger partial charge in [0, 0.05) is 16.4 Å². The molecule has 0 aliphatic heterocycles. The summed E-state index contributed by atoms with van der Waals surface area (Å²) in [6.07, 6.45) is 1.70. The Morgan fingerprint density at radius 2 is 2.10 bits per heavy atom. The molecule has 1 aromatic rings. The summed E-state index contributed by atoms with van der Waals surface area (Å²) in [5, 5.41) is 3.50. The first-order valence-corrected chi connectivity index (χ1v) is 8.42. The van der Waals surface area contributed by atoms with Gasteiger partial charge in [0.25, 0.3) is 0 Å². The third-order valence-corrected chi connectivity index (χ3v) is 5.81. The van der Waals surface area contributed by atoms with Gasteiger partial charge >= 0.3 is 0 Å². The van der Waals surface area contributed by atoms with Crippen LogP contribution in [0.25, 0.3) is 0 Å². The van der Waals surface area contributed by atoms with Crippen LogP contribution in [-0.4, -0.2) is 11.9 Å². The van der Waals surface area contributed by atoms with Gasteiger partial charge in [-0.2, -0.15) is 0 Å². The molecule has 0 radical (unpaired) electrons. The van der Waals surface area contributed by atoms with E-state index < -0.39 is 0 Å². The van der Waals surface area contributed by atoms with Crippen molar-refractivity contribution >= 4 is 39.1 Å². The van der Waals surface area contributed by atoms with Crippen LogP contribution in [0.4, 0.5) is 5.69 Å². The van der Waals surface area contributed by atoms with Gasteiger partial charge in [0.15, 0.2) is 0 Å². The van der Waals surface area contributed by atoms with E-state index in [0.29, 0.717) is 16.6 Å². The van der Waals surface area contributed by atoms with Gasteiger partial charge in [-0.05, 0) is 42.4 Å². The molecule has 1 amide bonds. The Morgan fingerprint density at radius 1 is 1.43 bits per heavy atom. The summed E-state index contributed by atoms with van der Waals surface area (Å²) in [5.74, 6) is 0.289. The molecular weight excluding hydrogens is 352 g/mol. The van der Waals surface area contributed by atoms with Gasteiger partial charge in [0.1, 0.15) is 0 Å². The largest absolute Gasteiger partial charge is 0.327 e. The lowest BCUT2D eigenvalue weighted by Gasteiger charge is -2.46. The van der Waals surface area contributed by atoms with E-state index in [-0.39, 0.29) is 23.3 Å². The van der Waals surface area contributed by atoms with Crippen LogP contribution in [0.1, 0.15) is 33.6 Å². The van der Waals surface area contributed by atoms with Gasteiger partial charge < -0.3 is 11.1 Å². The third-order valence-electron chi connectivity index (χ3n) is 5.01. The number of hydrogen-bond acceptors (Lipinski definition) is 2. The van der Waals surface area contributed by atoms with Gasteiger partial charge in [-0.25, -0.2) is 0 Å². The van der Waals surface area contributed by atoms with Crippen LogP contribution in [-0.2, 0) is 4.79 Å². The van der Waals surface area contributed by atoms with E-state index in [0.717, 1.165) is 17.3 Å². The number of nitrogens with one attached hydrogen (secondary N) is 1. The summed E-state index contributed by atoms with van der Waals surface area (Å²) in [5.41, 5.74) is 6.69. The first-order chi connectivity index (χ1) is 9.73. The van der Waals surface area contributed by atoms with E-state index in [2.05, 4.69) is 42.0 Å². The average Bonchev–Trinajstić information content (AvgIpc) is 2.39. The minimum atomic E-state index is -0.121. The van der Waals surface area contributed by atoms with E-state index in [1.54, 1.807) is 6.07 Å². The molecule has 3 N–H and O–H groups in total. The number of nitrogens with two attached hydrogens (primary N) is 1. The van der Waals surface area contributed by atoms with Crippen molar-refractivity contribution in [1.29, 1.82) is 0 Å². The minimum absolute atomic E-state index is 0.0305. The Morgan fingerprint density at radius 3 is 2.71 bits per heavy atom. The molecule has 1 aliphatic rings. The quantitative estimate of drug-likeness (QED) is 0.805. The Labute approximate surface area is 139 Å². The fourth-order valence-corrected chi connectivity index (χ4v) is 3.85. The lowest BCUT2D eigenvalue weighted by molar-refractivity contribution is -0.127. The number of carbonyl (C=O) groups excluding carboxylic acids is 1. The van der Waals surface area contributed by atoms with Gasteiger partial charge in [0.05, 0.1) is 10.7 Å². The summed E-state index contributed by atoms with van der Waals surface area (Å²) < 4.78 is 0.892. The van der Waals surface area contributed by atoms with Crippen molar-refractivity contribution in [1.82, 2.24) is 0 Å². The number of halogens is 2. The Bertz CT molecular complexity index is 547. The van der Waals surface area contributed by atoms with Gasteiger partial charge in [-0.15, -0.1) is 0 Å². The van der Waals surface area contributed by atoms with Crippen LogP contribution in [0.15, 0.2) is 22.7 Å². The van der Waals surface area contributed by atoms with Crippen molar-refractivity contribution in [3.63, 3.8) is 0 Å². The zero-order valence-electron chi connectivity index (χ0n) is 12.6. The summed E-state index contributed by atoms with van der Waals surface area (Å²) in [6.45, 7) is 6.39. The highest BCUT2D eigenvalue weighted by atomic mass is 79.9. The minimum Gasteiger partial charge on any atom is -0.327 e. The van der Waals surface area contributed by atoms with Crippen LogP contribution in [0.5, 0.6) is 0 Å². The monoisotopic (exact) mass is 372 g/mol. The molecule has 21 heavy (non-hydrogen) atoms. The maximum atomic E-state index is 12.7. The summed E-state index contributed by atoms with van der Waals surface area (Å²) in [7, 11) is 0. The number of benzene rings is 1. The number of rotatable bonds is 2. The Kier molecular flexibility index (Phi) is 5.01. The molecule has 0 aromatic heterocycles. The molecule has 3 atom stereocenters. The first-order valence-electron chi connectivity index (χ1n) is 7.25. The molecule has 5 heteroatoms. The number of anilines is 1. The molecule has 0 heterocycles. The molecule has 0 bridgehead atoms. The lowest BCUT2D eigenvalue weighted by atomic mass is 9.61. The zero-order chi connectivity index (χ0) is 15.8. The highest BCUT2D eigenvalue weighted by molar-refractivity contribution is 9.10. The maximum Gasteiger partial charge on any atom is 0.228 e. The fourth-order valence-electron chi connectivity index (χ4n) is 3.13. The summed E-state index contributed by atoms with van der Waals surface area (Å²) >= 11 is 9.53. The topological polar surface area (TPSA) is 55.1 Å². The van der Waals surface area contributed by atoms with Crippen molar-refractivity contribution in [3.05, 3.63) is 27.7 Å². The fraction of sp³-hybridized carbons (Fsp3) is 0.562. The smallest absolute Gasteiger partial charge is 0.228 e. The molecule has 116 valence electrons. The van der Waals surface area contributed by atoms with Crippen LogP contribution in [0.3, 0.4) is 0 Å². The zero-order valence-corrected chi connectivity index (χ0v) is 15.0. The van der Waals surface area contributed by atoms with E-state index in [4.69, 9.17) is 17.3 Å². The molecule has 3 unspecified atom stereocenters. The van der Waals surface area contributed by atoms with E-state index >= 15 is 0 Å². The molecule has 2 rings (SSSR count). The van der Waals surface area contributed by atoms with E-state index in [1.807, 2.05) is 12.1 Å². The average molecular weight is 374 g/mol. The first kappa shape index (κ1) is 16.8. The van der Waals surface area contributed by atoms with Crippen LogP contribution < -0.4 is 11.1 Å². The van der Waals surface area contributed by atoms with Gasteiger partial charge in [-0.1, -0.05) is 48.3 Å². The van der Waals surface area contributed by atoms with Crippen LogP contribution >= 0.6 is 27.5 Å². The van der Waals surface area contributed by atoms with Crippen molar-refractivity contribution < 1.29 is 4.79 Å². The second-order valence-corrected chi connectivity index (χ2v) is 7.84. The number of hydrogen-bond donors (Lipinski definition) is 2. The molecule has 3 nitrogen and oxygen atoms in total. The van der Waals surface area contributed by atoms with Crippen molar-refractivity contribution in [2.24, 2.45) is 23.0 Å². The van der Waals surface area contributed by atoms with Crippen LogP contribution in [0, 0.1) is 17.3 Å². The normalized spacial score (nSPS) is 28.2. The highest BCUT2D eigenvalue weighted by Crippen LogP contribution is 2.45. The molecule has 1 fully saturated rings. The number of amides is 1. The van der Waals surface area contributed by atoms with Crippen molar-refractivity contribution in [3.8, 4) is 0 Å². The SMILES string of the molecule is CC1C(N)CCC(C(=O)Nc2ccc(Br)cc2Cl)C1(C)C. The maximum absolute atomic E-state index is 12.7. The number of carbonyl (C=O) groups is 1. The van der Waals surface area contributed by atoms with E-state index in [9.17, 15) is 4.79 Å². The van der Waals surface area contributed by atoms with Crippen LogP contribution in [0.2, 0.25) is 5.02 Å². The summed E-state index contributed by atoms with van der Waals surface area (Å²) in [4.78, 5) is 12.7. The molecule has 0 saturated heterocycles. The third kappa shape index (κ3) is 3.43. The van der Waals surface area contributed by atoms with E-state index in [1.165, 1.54) is 0 Å². The van der Waals surface area contributed by atoms with Crippen molar-refractivity contribution in [2.75, 3.05) is 5.32 Å². The highest BCUT2D eigenvalue weighted by Gasteiger charge is 2.45. The molecule has 1 aliphatic carbocycles. The molecular formula is C16H22BrClN2O. The molecule has 1 aromatic carbocycles. The molecule has 1 saturated carbocycles. The van der Waals surface area contributed by atoms with Gasteiger partial charge in [0.2, 0.25) is 5.91 Å². The molecule has 0 spiro atoms. The second kappa shape index (κ2) is 6.27. The predicted octanol–water partition coefficient (Wildman–Crippen LogP) is 4.44. The Hall–Kier alpha value is -0.580. The predicted molar refractivity (Wildman–Crippen MR) is 91.4 cm³/mol. The second-order valence-electron chi connectivity index (χ2n) is 6.52. The van der Waals surface area contributed by atoms with Crippen molar-refractivity contribution in [2.45, 2.75) is 39.7 Å². The standard InChI is InChI=1S/C16H22BrClN2O/c1-9-13(19)6-5-11(16(9,2)3)15(21)20-14-7-4-10(17)8-12(14)18/h4,7-9,11,13H,5-6,19H2,1-3H3,(H,20,21). The summed E-state index contributed by atoms with van der Waals surface area (Å²) in [6, 6.07) is 5.63. The lowest BCUT2D eigenvalue weighted by Crippen LogP contribution is -2.50. The Balaban J connectivity index is 2.16. The van der Waals surface area contributed by atoms with Gasteiger partial charge in [-0.3, -0.25) is 4.79 Å².